The summed E-state index contributed by atoms with van der Waals surface area (Å²) in [5, 5.41) is 4.07. The van der Waals surface area contributed by atoms with Crippen molar-refractivity contribution in [3.05, 3.63) is 212 Å². The van der Waals surface area contributed by atoms with Gasteiger partial charge in [0, 0.05) is 32.7 Å². The number of furan rings is 2. The Kier molecular flexibility index (Phi) is 8.42. The summed E-state index contributed by atoms with van der Waals surface area (Å²) in [6.07, 6.45) is 0. The fraction of sp³-hybridized carbons (Fsp3) is 0. The fourth-order valence-electron chi connectivity index (χ4n) is 8.82. The number of rotatable bonds is 7. The molecule has 0 saturated carbocycles. The molecule has 0 unspecified atom stereocenters. The molecule has 0 fully saturated rings. The van der Waals surface area contributed by atoms with Crippen molar-refractivity contribution in [1.29, 1.82) is 0 Å². The van der Waals surface area contributed by atoms with Gasteiger partial charge in [-0.2, -0.15) is 0 Å². The summed E-state index contributed by atoms with van der Waals surface area (Å²) in [7, 11) is 0. The minimum atomic E-state index is 0.500. The van der Waals surface area contributed by atoms with Crippen LogP contribution in [0.1, 0.15) is 0 Å². The van der Waals surface area contributed by atoms with Crippen LogP contribution in [-0.2, 0) is 0 Å². The molecule has 5 nitrogen and oxygen atoms in total. The van der Waals surface area contributed by atoms with Gasteiger partial charge in [0.15, 0.2) is 17.5 Å². The van der Waals surface area contributed by atoms with E-state index in [0.717, 1.165) is 105 Å². The molecule has 0 spiro atoms. The van der Waals surface area contributed by atoms with Gasteiger partial charge in [-0.3, -0.25) is 0 Å². The Morgan fingerprint density at radius 3 is 1.18 bits per heavy atom. The molecule has 0 bridgehead atoms. The van der Waals surface area contributed by atoms with Crippen molar-refractivity contribution in [2.24, 2.45) is 0 Å². The largest absolute Gasteiger partial charge is 0.455 e. The summed E-state index contributed by atoms with van der Waals surface area (Å²) >= 11 is 0. The Balaban J connectivity index is 1.18. The van der Waals surface area contributed by atoms with Crippen LogP contribution in [0.3, 0.4) is 0 Å². The Hall–Kier alpha value is -8.41. The van der Waals surface area contributed by atoms with Gasteiger partial charge in [-0.05, 0) is 75.3 Å². The van der Waals surface area contributed by atoms with Crippen molar-refractivity contribution in [3.63, 3.8) is 0 Å². The normalized spacial score (nSPS) is 11.5. The maximum Gasteiger partial charge on any atom is 0.167 e. The highest BCUT2D eigenvalue weighted by Crippen LogP contribution is 2.45. The molecule has 0 amide bonds. The first-order valence-corrected chi connectivity index (χ1v) is 20.8. The van der Waals surface area contributed by atoms with Gasteiger partial charge in [0.2, 0.25) is 0 Å². The maximum atomic E-state index is 6.61. The Bertz CT molecular complexity index is 3480. The number of hydrogen-bond acceptors (Lipinski definition) is 5. The second-order valence-electron chi connectivity index (χ2n) is 15.5. The van der Waals surface area contributed by atoms with Crippen molar-refractivity contribution in [1.82, 2.24) is 15.0 Å². The highest BCUT2D eigenvalue weighted by atomic mass is 16.3. The zero-order chi connectivity index (χ0) is 41.0. The molecule has 0 N–H and O–H groups in total. The molecule has 0 aliphatic heterocycles. The Morgan fingerprint density at radius 1 is 0.258 bits per heavy atom. The molecule has 62 heavy (non-hydrogen) atoms. The van der Waals surface area contributed by atoms with Crippen molar-refractivity contribution >= 4 is 43.9 Å². The summed E-state index contributed by atoms with van der Waals surface area (Å²) < 4.78 is 13.2. The molecule has 290 valence electrons. The zero-order valence-corrected chi connectivity index (χ0v) is 33.4. The lowest BCUT2D eigenvalue weighted by Crippen LogP contribution is -2.02. The Morgan fingerprint density at radius 2 is 0.645 bits per heavy atom. The van der Waals surface area contributed by atoms with Gasteiger partial charge in [-0.1, -0.05) is 176 Å². The van der Waals surface area contributed by atoms with Gasteiger partial charge in [0.05, 0.1) is 11.1 Å². The van der Waals surface area contributed by atoms with Crippen LogP contribution >= 0.6 is 0 Å². The first-order chi connectivity index (χ1) is 30.7. The number of benzene rings is 9. The average Bonchev–Trinajstić information content (AvgIpc) is 3.93. The minimum absolute atomic E-state index is 0.500. The maximum absolute atomic E-state index is 6.61. The second kappa shape index (κ2) is 14.7. The Labute approximate surface area is 357 Å². The van der Waals surface area contributed by atoms with Gasteiger partial charge in [0.1, 0.15) is 22.3 Å². The molecule has 3 aromatic heterocycles. The molecule has 5 heteroatoms. The van der Waals surface area contributed by atoms with Crippen LogP contribution in [0.5, 0.6) is 0 Å². The summed E-state index contributed by atoms with van der Waals surface area (Å²) in [5.41, 5.74) is 14.1. The molecule has 12 aromatic rings. The molecule has 12 rings (SSSR count). The van der Waals surface area contributed by atoms with E-state index in [4.69, 9.17) is 23.8 Å². The molecule has 0 atom stereocenters. The van der Waals surface area contributed by atoms with Crippen LogP contribution < -0.4 is 0 Å². The fourth-order valence-corrected chi connectivity index (χ4v) is 8.82. The number of fused-ring (bicyclic) bond motifs is 6. The summed E-state index contributed by atoms with van der Waals surface area (Å²) in [6, 6.07) is 73.5. The zero-order valence-electron chi connectivity index (χ0n) is 33.4. The van der Waals surface area contributed by atoms with E-state index in [2.05, 4.69) is 140 Å². The number of aromatic nitrogens is 3. The first kappa shape index (κ1) is 35.5. The smallest absolute Gasteiger partial charge is 0.167 e. The van der Waals surface area contributed by atoms with Crippen molar-refractivity contribution < 1.29 is 8.83 Å². The molecular formula is C57H35N3O2. The molecule has 0 saturated heterocycles. The van der Waals surface area contributed by atoms with Gasteiger partial charge >= 0.3 is 0 Å². The van der Waals surface area contributed by atoms with Crippen LogP contribution in [0.2, 0.25) is 0 Å². The van der Waals surface area contributed by atoms with Crippen molar-refractivity contribution in [3.8, 4) is 78.7 Å². The lowest BCUT2D eigenvalue weighted by molar-refractivity contribution is 0.669. The van der Waals surface area contributed by atoms with E-state index in [9.17, 15) is 0 Å². The molecule has 0 aliphatic rings. The van der Waals surface area contributed by atoms with E-state index in [1.54, 1.807) is 0 Å². The van der Waals surface area contributed by atoms with Crippen molar-refractivity contribution in [2.75, 3.05) is 0 Å². The summed E-state index contributed by atoms with van der Waals surface area (Å²) in [5.74, 6) is 1.53. The van der Waals surface area contributed by atoms with Gasteiger partial charge in [-0.15, -0.1) is 0 Å². The third-order valence-electron chi connectivity index (χ3n) is 11.8. The summed E-state index contributed by atoms with van der Waals surface area (Å²) in [6.45, 7) is 0. The van der Waals surface area contributed by atoms with E-state index >= 15 is 0 Å². The second-order valence-corrected chi connectivity index (χ2v) is 15.5. The highest BCUT2D eigenvalue weighted by molar-refractivity contribution is 6.10. The van der Waals surface area contributed by atoms with E-state index in [1.807, 2.05) is 72.8 Å². The van der Waals surface area contributed by atoms with Crippen LogP contribution in [0, 0.1) is 0 Å². The molecular weight excluding hydrogens is 759 g/mol. The van der Waals surface area contributed by atoms with Crippen LogP contribution in [0.15, 0.2) is 221 Å². The van der Waals surface area contributed by atoms with Gasteiger partial charge < -0.3 is 8.83 Å². The molecule has 3 heterocycles. The third kappa shape index (κ3) is 6.06. The van der Waals surface area contributed by atoms with E-state index < -0.39 is 0 Å². The third-order valence-corrected chi connectivity index (χ3v) is 11.8. The minimum Gasteiger partial charge on any atom is -0.455 e. The SMILES string of the molecule is c1ccc(-c2ccc(-c3c(-c4ccccc4)cc(-c4ccccc4)cc3-c3nc(-c4cccc5c4oc4ccccc45)nc(-c4cccc5c4oc4ccccc45)n3)cc2)cc1. The first-order valence-electron chi connectivity index (χ1n) is 20.8. The van der Waals surface area contributed by atoms with Gasteiger partial charge in [-0.25, -0.2) is 15.0 Å². The van der Waals surface area contributed by atoms with Crippen molar-refractivity contribution in [2.45, 2.75) is 0 Å². The number of nitrogens with zero attached hydrogens (tertiary/aromatic N) is 3. The quantitative estimate of drug-likeness (QED) is 0.161. The average molecular weight is 794 g/mol. The topological polar surface area (TPSA) is 65.0 Å². The lowest BCUT2D eigenvalue weighted by atomic mass is 9.86. The van der Waals surface area contributed by atoms with E-state index in [-0.39, 0.29) is 0 Å². The van der Waals surface area contributed by atoms with E-state index in [0.29, 0.717) is 17.5 Å². The van der Waals surface area contributed by atoms with Gasteiger partial charge in [0.25, 0.3) is 0 Å². The van der Waals surface area contributed by atoms with Crippen LogP contribution in [0.4, 0.5) is 0 Å². The monoisotopic (exact) mass is 793 g/mol. The standard InChI is InChI=1S/C57H35N3O2/c1-4-16-36(17-5-1)38-30-32-40(33-31-38)52-48(39-20-8-3-9-21-39)34-41(37-18-6-2-7-19-37)35-49(52)57-59-55(46-26-14-24-44-42-22-10-12-28-50(42)61-53(44)46)58-56(60-57)47-27-15-25-45-43-23-11-13-29-51(43)62-54(45)47/h1-35H. The van der Waals surface area contributed by atoms with Crippen LogP contribution in [-0.4, -0.2) is 15.0 Å². The highest BCUT2D eigenvalue weighted by Gasteiger charge is 2.24. The molecule has 0 radical (unpaired) electrons. The number of hydrogen-bond donors (Lipinski definition) is 0. The molecule has 9 aromatic carbocycles. The predicted octanol–water partition coefficient (Wildman–Crippen LogP) is 15.3. The van der Waals surface area contributed by atoms with E-state index in [1.165, 1.54) is 0 Å². The number of para-hydroxylation sites is 4. The molecule has 0 aliphatic carbocycles. The lowest BCUT2D eigenvalue weighted by Gasteiger charge is -2.19. The summed E-state index contributed by atoms with van der Waals surface area (Å²) in [4.78, 5) is 16.2. The predicted molar refractivity (Wildman–Crippen MR) is 252 cm³/mol. The van der Waals surface area contributed by atoms with Crippen LogP contribution in [0.25, 0.3) is 123 Å².